The predicted octanol–water partition coefficient (Wildman–Crippen LogP) is 14.1. The van der Waals surface area contributed by atoms with Gasteiger partial charge in [0, 0.05) is 21.5 Å². The molecule has 2 aromatic heterocycles. The van der Waals surface area contributed by atoms with Gasteiger partial charge in [-0.3, -0.25) is 0 Å². The smallest absolute Gasteiger partial charge is 0.147 e. The van der Waals surface area contributed by atoms with Gasteiger partial charge >= 0.3 is 0 Å². The molecule has 0 atom stereocenters. The fourth-order valence-corrected chi connectivity index (χ4v) is 7.65. The molecule has 2 heterocycles. The molecule has 0 aliphatic carbocycles. The Hall–Kier alpha value is -6.64. The van der Waals surface area contributed by atoms with Gasteiger partial charge in [-0.2, -0.15) is 0 Å². The molecule has 0 saturated carbocycles. The molecule has 10 rings (SSSR count). The zero-order valence-corrected chi connectivity index (χ0v) is 28.1. The van der Waals surface area contributed by atoms with E-state index in [1.54, 1.807) is 0 Å². The molecule has 51 heavy (non-hydrogen) atoms. The molecule has 0 aliphatic rings. The lowest BCUT2D eigenvalue weighted by Gasteiger charge is -2.09. The molecule has 0 saturated heterocycles. The van der Waals surface area contributed by atoms with Crippen molar-refractivity contribution >= 4 is 43.9 Å². The highest BCUT2D eigenvalue weighted by Gasteiger charge is 2.22. The highest BCUT2D eigenvalue weighted by molar-refractivity contribution is 6.22. The van der Waals surface area contributed by atoms with Crippen molar-refractivity contribution in [2.45, 2.75) is 6.92 Å². The average Bonchev–Trinajstić information content (AvgIpc) is 3.74. The van der Waals surface area contributed by atoms with Gasteiger partial charge in [0.25, 0.3) is 0 Å². The summed E-state index contributed by atoms with van der Waals surface area (Å²) in [6, 6.07) is 62.5. The van der Waals surface area contributed by atoms with Crippen LogP contribution in [0.15, 0.2) is 185 Å². The molecular weight excluding hydrogens is 621 g/mol. The minimum atomic E-state index is 0.838. The standard InChI is InChI=1S/C49H32O2/c1-31-25-46-42(29-40(31)39-22-12-20-36(27-39)33-15-7-3-8-16-33)44-30-43-41-28-38(37-21-11-19-35(26-37)32-13-5-2-6-14-32)23-24-45(41)50-48(43)47(49(44)51-46)34-17-9-4-10-18-34/h2-30H,1H3. The summed E-state index contributed by atoms with van der Waals surface area (Å²) in [6.07, 6.45) is 0. The Labute approximate surface area is 295 Å². The highest BCUT2D eigenvalue weighted by Crippen LogP contribution is 2.46. The van der Waals surface area contributed by atoms with E-state index in [1.807, 2.05) is 6.07 Å². The summed E-state index contributed by atoms with van der Waals surface area (Å²) < 4.78 is 13.5. The summed E-state index contributed by atoms with van der Waals surface area (Å²) >= 11 is 0. The largest absolute Gasteiger partial charge is 0.455 e. The molecule has 0 fully saturated rings. The van der Waals surface area contributed by atoms with Crippen LogP contribution in [-0.2, 0) is 0 Å². The van der Waals surface area contributed by atoms with Crippen LogP contribution in [0.5, 0.6) is 0 Å². The van der Waals surface area contributed by atoms with Gasteiger partial charge in [0.05, 0.1) is 5.56 Å². The van der Waals surface area contributed by atoms with Crippen molar-refractivity contribution in [3.8, 4) is 55.6 Å². The van der Waals surface area contributed by atoms with Crippen LogP contribution in [0.2, 0.25) is 0 Å². The predicted molar refractivity (Wildman–Crippen MR) is 213 cm³/mol. The Bertz CT molecular complexity index is 2890. The first kappa shape index (κ1) is 29.3. The second-order valence-corrected chi connectivity index (χ2v) is 13.3. The summed E-state index contributed by atoms with van der Waals surface area (Å²) in [5.41, 5.74) is 16.1. The maximum absolute atomic E-state index is 6.80. The van der Waals surface area contributed by atoms with Crippen molar-refractivity contribution in [2.75, 3.05) is 0 Å². The number of hydrogen-bond acceptors (Lipinski definition) is 2. The van der Waals surface area contributed by atoms with Crippen molar-refractivity contribution in [3.63, 3.8) is 0 Å². The number of aryl methyl sites for hydroxylation is 1. The minimum absolute atomic E-state index is 0.838. The van der Waals surface area contributed by atoms with Gasteiger partial charge in [-0.15, -0.1) is 0 Å². The van der Waals surface area contributed by atoms with E-state index < -0.39 is 0 Å². The summed E-state index contributed by atoms with van der Waals surface area (Å²) in [5.74, 6) is 0. The number of furan rings is 2. The summed E-state index contributed by atoms with van der Waals surface area (Å²) in [5, 5.41) is 4.34. The van der Waals surface area contributed by atoms with Crippen LogP contribution < -0.4 is 0 Å². The Morgan fingerprint density at radius 3 is 1.41 bits per heavy atom. The van der Waals surface area contributed by atoms with E-state index in [2.05, 4.69) is 177 Å². The lowest BCUT2D eigenvalue weighted by atomic mass is 9.93. The third-order valence-electron chi connectivity index (χ3n) is 10.2. The highest BCUT2D eigenvalue weighted by atomic mass is 16.3. The van der Waals surface area contributed by atoms with E-state index in [-0.39, 0.29) is 0 Å². The van der Waals surface area contributed by atoms with Crippen molar-refractivity contribution in [3.05, 3.63) is 181 Å². The molecule has 2 nitrogen and oxygen atoms in total. The maximum atomic E-state index is 6.80. The quantitative estimate of drug-likeness (QED) is 0.185. The molecule has 0 aliphatic heterocycles. The van der Waals surface area contributed by atoms with E-state index in [1.165, 1.54) is 44.5 Å². The monoisotopic (exact) mass is 652 g/mol. The van der Waals surface area contributed by atoms with E-state index in [4.69, 9.17) is 8.83 Å². The molecule has 0 radical (unpaired) electrons. The molecule has 2 heteroatoms. The fourth-order valence-electron chi connectivity index (χ4n) is 7.65. The third kappa shape index (κ3) is 4.95. The lowest BCUT2D eigenvalue weighted by molar-refractivity contribution is 0.658. The zero-order valence-electron chi connectivity index (χ0n) is 28.1. The molecular formula is C49H32O2. The molecule has 0 bridgehead atoms. The molecule has 0 unspecified atom stereocenters. The first-order valence-electron chi connectivity index (χ1n) is 17.4. The van der Waals surface area contributed by atoms with E-state index >= 15 is 0 Å². The Morgan fingerprint density at radius 2 is 0.784 bits per heavy atom. The van der Waals surface area contributed by atoms with Crippen molar-refractivity contribution < 1.29 is 8.83 Å². The van der Waals surface area contributed by atoms with Crippen LogP contribution in [0.3, 0.4) is 0 Å². The van der Waals surface area contributed by atoms with Gasteiger partial charge in [0.1, 0.15) is 22.3 Å². The van der Waals surface area contributed by atoms with Crippen molar-refractivity contribution in [1.82, 2.24) is 0 Å². The summed E-state index contributed by atoms with van der Waals surface area (Å²) in [7, 11) is 0. The molecule has 0 spiro atoms. The lowest BCUT2D eigenvalue weighted by Crippen LogP contribution is -1.85. The van der Waals surface area contributed by atoms with Gasteiger partial charge in [-0.1, -0.05) is 133 Å². The first-order valence-corrected chi connectivity index (χ1v) is 17.4. The van der Waals surface area contributed by atoms with Gasteiger partial charge in [0.2, 0.25) is 0 Å². The van der Waals surface area contributed by atoms with Gasteiger partial charge in [0.15, 0.2) is 0 Å². The Kier molecular flexibility index (Phi) is 6.75. The van der Waals surface area contributed by atoms with Crippen LogP contribution in [0, 0.1) is 6.92 Å². The Morgan fingerprint density at radius 1 is 0.314 bits per heavy atom. The first-order chi connectivity index (χ1) is 25.2. The fraction of sp³-hybridized carbons (Fsp3) is 0.0204. The molecule has 10 aromatic rings. The van der Waals surface area contributed by atoms with Gasteiger partial charge in [-0.05, 0) is 105 Å². The summed E-state index contributed by atoms with van der Waals surface area (Å²) in [6.45, 7) is 2.17. The summed E-state index contributed by atoms with van der Waals surface area (Å²) in [4.78, 5) is 0. The normalized spacial score (nSPS) is 11.6. The number of benzene rings is 8. The molecule has 240 valence electrons. The van der Waals surface area contributed by atoms with Crippen LogP contribution >= 0.6 is 0 Å². The maximum Gasteiger partial charge on any atom is 0.147 e. The third-order valence-corrected chi connectivity index (χ3v) is 10.2. The van der Waals surface area contributed by atoms with Crippen LogP contribution in [-0.4, -0.2) is 0 Å². The van der Waals surface area contributed by atoms with E-state index in [9.17, 15) is 0 Å². The molecule has 8 aromatic carbocycles. The van der Waals surface area contributed by atoms with Gasteiger partial charge in [-0.25, -0.2) is 0 Å². The number of fused-ring (bicyclic) bond motifs is 6. The van der Waals surface area contributed by atoms with Crippen LogP contribution in [0.1, 0.15) is 5.56 Å². The van der Waals surface area contributed by atoms with E-state index in [0.717, 1.165) is 60.6 Å². The van der Waals surface area contributed by atoms with Crippen molar-refractivity contribution in [2.24, 2.45) is 0 Å². The topological polar surface area (TPSA) is 26.3 Å². The SMILES string of the molecule is Cc1cc2oc3c(-c4ccccc4)c4oc5ccc(-c6cccc(-c7ccccc7)c6)cc5c4cc3c2cc1-c1cccc(-c2ccccc2)c1. The van der Waals surface area contributed by atoms with E-state index in [0.29, 0.717) is 0 Å². The van der Waals surface area contributed by atoms with Crippen molar-refractivity contribution in [1.29, 1.82) is 0 Å². The number of hydrogen-bond donors (Lipinski definition) is 0. The second kappa shape index (κ2) is 11.8. The van der Waals surface area contributed by atoms with Crippen LogP contribution in [0.4, 0.5) is 0 Å². The zero-order chi connectivity index (χ0) is 33.9. The molecule has 0 amide bonds. The molecule has 0 N–H and O–H groups in total. The Balaban J connectivity index is 1.20. The average molecular weight is 653 g/mol. The number of rotatable bonds is 5. The van der Waals surface area contributed by atoms with Crippen LogP contribution in [0.25, 0.3) is 99.5 Å². The minimum Gasteiger partial charge on any atom is -0.455 e. The van der Waals surface area contributed by atoms with Gasteiger partial charge < -0.3 is 8.83 Å². The second-order valence-electron chi connectivity index (χ2n) is 13.3.